The van der Waals surface area contributed by atoms with Crippen LogP contribution in [0.25, 0.3) is 11.0 Å². The average Bonchev–Trinajstić information content (AvgIpc) is 2.59. The molecule has 0 saturated heterocycles. The second-order valence-corrected chi connectivity index (χ2v) is 3.41. The van der Waals surface area contributed by atoms with Gasteiger partial charge < -0.3 is 9.52 Å². The number of rotatable bonds is 3. The Morgan fingerprint density at radius 3 is 2.86 bits per heavy atom. The smallest absolute Gasteiger partial charge is 0.134 e. The summed E-state index contributed by atoms with van der Waals surface area (Å²) in [5, 5.41) is 9.90. The minimum atomic E-state index is 0.139. The zero-order chi connectivity index (χ0) is 9.97. The zero-order valence-electron chi connectivity index (χ0n) is 8.29. The van der Waals surface area contributed by atoms with Gasteiger partial charge in [0.1, 0.15) is 11.3 Å². The van der Waals surface area contributed by atoms with Crippen molar-refractivity contribution in [3.63, 3.8) is 0 Å². The van der Waals surface area contributed by atoms with Crippen molar-refractivity contribution in [3.05, 3.63) is 35.6 Å². The molecule has 1 aromatic carbocycles. The maximum absolute atomic E-state index is 8.79. The summed E-state index contributed by atoms with van der Waals surface area (Å²) in [7, 11) is 0. The van der Waals surface area contributed by atoms with Crippen LogP contribution in [-0.4, -0.2) is 11.7 Å². The molecule has 1 aromatic heterocycles. The van der Waals surface area contributed by atoms with Crippen LogP contribution in [0.5, 0.6) is 0 Å². The molecule has 2 nitrogen and oxygen atoms in total. The van der Waals surface area contributed by atoms with E-state index in [1.807, 2.05) is 6.07 Å². The van der Waals surface area contributed by atoms with Crippen molar-refractivity contribution in [1.29, 1.82) is 0 Å². The van der Waals surface area contributed by atoms with Gasteiger partial charge in [0, 0.05) is 11.8 Å². The summed E-state index contributed by atoms with van der Waals surface area (Å²) in [5.74, 6) is 0.857. The van der Waals surface area contributed by atoms with Crippen molar-refractivity contribution in [1.82, 2.24) is 0 Å². The van der Waals surface area contributed by atoms with Gasteiger partial charge in [-0.2, -0.15) is 0 Å². The van der Waals surface area contributed by atoms with E-state index in [2.05, 4.69) is 25.1 Å². The topological polar surface area (TPSA) is 33.4 Å². The maximum atomic E-state index is 8.79. The highest BCUT2D eigenvalue weighted by Gasteiger charge is 2.03. The largest absolute Gasteiger partial charge is 0.461 e. The fourth-order valence-electron chi connectivity index (χ4n) is 1.58. The summed E-state index contributed by atoms with van der Waals surface area (Å²) in [5.41, 5.74) is 2.20. The standard InChI is InChI=1S/C12H14O2/c1-2-9-3-4-10-8-11(5-6-13)14-12(10)7-9/h3-4,7-8,13H,2,5-6H2,1H3. The molecule has 0 unspecified atom stereocenters. The fraction of sp³-hybridized carbons (Fsp3) is 0.333. The first-order chi connectivity index (χ1) is 6.83. The first-order valence-electron chi connectivity index (χ1n) is 4.95. The van der Waals surface area contributed by atoms with Gasteiger partial charge in [-0.1, -0.05) is 19.1 Å². The molecule has 0 radical (unpaired) electrons. The van der Waals surface area contributed by atoms with Crippen molar-refractivity contribution < 1.29 is 9.52 Å². The Hall–Kier alpha value is -1.28. The molecular weight excluding hydrogens is 176 g/mol. The number of hydrogen-bond acceptors (Lipinski definition) is 2. The first kappa shape index (κ1) is 9.28. The minimum absolute atomic E-state index is 0.139. The Morgan fingerprint density at radius 2 is 2.14 bits per heavy atom. The van der Waals surface area contributed by atoms with Crippen LogP contribution in [0.2, 0.25) is 0 Å². The molecule has 0 spiro atoms. The van der Waals surface area contributed by atoms with E-state index < -0.39 is 0 Å². The van der Waals surface area contributed by atoms with Crippen LogP contribution in [-0.2, 0) is 12.8 Å². The molecule has 1 N–H and O–H groups in total. The summed E-state index contributed by atoms with van der Waals surface area (Å²) in [6.45, 7) is 2.26. The Kier molecular flexibility index (Phi) is 2.55. The van der Waals surface area contributed by atoms with Crippen molar-refractivity contribution in [3.8, 4) is 0 Å². The number of fused-ring (bicyclic) bond motifs is 1. The third-order valence-electron chi connectivity index (χ3n) is 2.40. The van der Waals surface area contributed by atoms with Crippen LogP contribution in [0.15, 0.2) is 28.7 Å². The van der Waals surface area contributed by atoms with Crippen LogP contribution < -0.4 is 0 Å². The second kappa shape index (κ2) is 3.84. The third kappa shape index (κ3) is 1.66. The molecule has 2 rings (SSSR count). The summed E-state index contributed by atoms with van der Waals surface area (Å²) < 4.78 is 5.59. The van der Waals surface area contributed by atoms with Gasteiger partial charge in [-0.05, 0) is 24.1 Å². The van der Waals surface area contributed by atoms with Crippen LogP contribution in [0.1, 0.15) is 18.2 Å². The van der Waals surface area contributed by atoms with Crippen molar-refractivity contribution in [2.75, 3.05) is 6.61 Å². The summed E-state index contributed by atoms with van der Waals surface area (Å²) >= 11 is 0. The molecule has 0 amide bonds. The van der Waals surface area contributed by atoms with Gasteiger partial charge >= 0.3 is 0 Å². The molecule has 14 heavy (non-hydrogen) atoms. The predicted octanol–water partition coefficient (Wildman–Crippen LogP) is 2.53. The molecule has 0 aliphatic heterocycles. The molecule has 74 valence electrons. The van der Waals surface area contributed by atoms with Crippen molar-refractivity contribution in [2.24, 2.45) is 0 Å². The number of benzene rings is 1. The van der Waals surface area contributed by atoms with E-state index in [0.29, 0.717) is 6.42 Å². The molecule has 0 fully saturated rings. The van der Waals surface area contributed by atoms with Gasteiger partial charge in [-0.15, -0.1) is 0 Å². The molecule has 0 atom stereocenters. The SMILES string of the molecule is CCc1ccc2cc(CCO)oc2c1. The molecule has 0 aliphatic rings. The lowest BCUT2D eigenvalue weighted by Crippen LogP contribution is -1.85. The van der Waals surface area contributed by atoms with Gasteiger partial charge in [0.25, 0.3) is 0 Å². The van der Waals surface area contributed by atoms with E-state index in [1.165, 1.54) is 5.56 Å². The number of furan rings is 1. The normalized spacial score (nSPS) is 11.0. The maximum Gasteiger partial charge on any atom is 0.134 e. The quantitative estimate of drug-likeness (QED) is 0.806. The molecule has 0 bridgehead atoms. The predicted molar refractivity (Wildman–Crippen MR) is 56.4 cm³/mol. The van der Waals surface area contributed by atoms with Gasteiger partial charge in [-0.3, -0.25) is 0 Å². The Balaban J connectivity index is 2.43. The lowest BCUT2D eigenvalue weighted by molar-refractivity contribution is 0.289. The molecule has 0 aliphatic carbocycles. The molecular formula is C12H14O2. The van der Waals surface area contributed by atoms with E-state index >= 15 is 0 Å². The van der Waals surface area contributed by atoms with Gasteiger partial charge in [-0.25, -0.2) is 0 Å². The number of hydrogen-bond donors (Lipinski definition) is 1. The monoisotopic (exact) mass is 190 g/mol. The lowest BCUT2D eigenvalue weighted by atomic mass is 10.1. The van der Waals surface area contributed by atoms with Crippen molar-refractivity contribution in [2.45, 2.75) is 19.8 Å². The minimum Gasteiger partial charge on any atom is -0.461 e. The zero-order valence-corrected chi connectivity index (χ0v) is 8.29. The number of aryl methyl sites for hydroxylation is 1. The third-order valence-corrected chi connectivity index (χ3v) is 2.40. The number of aliphatic hydroxyl groups is 1. The highest BCUT2D eigenvalue weighted by atomic mass is 16.3. The average molecular weight is 190 g/mol. The van der Waals surface area contributed by atoms with E-state index in [-0.39, 0.29) is 6.61 Å². The highest BCUT2D eigenvalue weighted by molar-refractivity contribution is 5.78. The Morgan fingerprint density at radius 1 is 1.29 bits per heavy atom. The Labute approximate surface area is 83.2 Å². The molecule has 2 heteroatoms. The van der Waals surface area contributed by atoms with E-state index in [4.69, 9.17) is 9.52 Å². The lowest BCUT2D eigenvalue weighted by Gasteiger charge is -1.94. The highest BCUT2D eigenvalue weighted by Crippen LogP contribution is 2.21. The van der Waals surface area contributed by atoms with Crippen molar-refractivity contribution >= 4 is 11.0 Å². The van der Waals surface area contributed by atoms with E-state index in [9.17, 15) is 0 Å². The summed E-state index contributed by atoms with van der Waals surface area (Å²) in [6, 6.07) is 8.24. The van der Waals surface area contributed by atoms with E-state index in [0.717, 1.165) is 23.2 Å². The Bertz CT molecular complexity index is 429. The number of aliphatic hydroxyl groups excluding tert-OH is 1. The molecule has 0 saturated carbocycles. The van der Waals surface area contributed by atoms with E-state index in [1.54, 1.807) is 0 Å². The van der Waals surface area contributed by atoms with Crippen LogP contribution in [0.4, 0.5) is 0 Å². The second-order valence-electron chi connectivity index (χ2n) is 3.41. The fourth-order valence-corrected chi connectivity index (χ4v) is 1.58. The first-order valence-corrected chi connectivity index (χ1v) is 4.95. The summed E-state index contributed by atoms with van der Waals surface area (Å²) in [6.07, 6.45) is 1.61. The summed E-state index contributed by atoms with van der Waals surface area (Å²) in [4.78, 5) is 0. The van der Waals surface area contributed by atoms with Crippen LogP contribution >= 0.6 is 0 Å². The van der Waals surface area contributed by atoms with Crippen LogP contribution in [0.3, 0.4) is 0 Å². The van der Waals surface area contributed by atoms with Gasteiger partial charge in [0.05, 0.1) is 6.61 Å². The van der Waals surface area contributed by atoms with Gasteiger partial charge in [0.15, 0.2) is 0 Å². The van der Waals surface area contributed by atoms with Crippen LogP contribution in [0, 0.1) is 0 Å². The van der Waals surface area contributed by atoms with Gasteiger partial charge in [0.2, 0.25) is 0 Å². The molecule has 1 heterocycles. The molecule has 2 aromatic rings.